The van der Waals surface area contributed by atoms with Gasteiger partial charge in [0.05, 0.1) is 4.92 Å². The Bertz CT molecular complexity index is 608. The highest BCUT2D eigenvalue weighted by Crippen LogP contribution is 2.26. The molecule has 0 aliphatic carbocycles. The van der Waals surface area contributed by atoms with Gasteiger partial charge >= 0.3 is 5.69 Å². The van der Waals surface area contributed by atoms with Crippen molar-refractivity contribution in [2.75, 3.05) is 6.54 Å². The van der Waals surface area contributed by atoms with Crippen LogP contribution in [0.2, 0.25) is 0 Å². The lowest BCUT2D eigenvalue weighted by atomic mass is 10.3. The van der Waals surface area contributed by atoms with Crippen molar-refractivity contribution in [3.63, 3.8) is 0 Å². The third-order valence-corrected chi connectivity index (χ3v) is 3.65. The van der Waals surface area contributed by atoms with E-state index in [9.17, 15) is 31.7 Å². The molecule has 1 rings (SSSR count). The lowest BCUT2D eigenvalue weighted by Gasteiger charge is -2.11. The van der Waals surface area contributed by atoms with Crippen molar-refractivity contribution in [1.29, 1.82) is 0 Å². The molecule has 0 radical (unpaired) electrons. The molecule has 1 aromatic carbocycles. The van der Waals surface area contributed by atoms with Crippen LogP contribution in [-0.2, 0) is 10.0 Å². The number of nitrogens with one attached hydrogen (secondary N) is 1. The Morgan fingerprint density at radius 2 is 2.00 bits per heavy atom. The van der Waals surface area contributed by atoms with Crippen molar-refractivity contribution in [1.82, 2.24) is 4.72 Å². The minimum atomic E-state index is -4.61. The molecule has 0 aliphatic heterocycles. The van der Waals surface area contributed by atoms with E-state index in [0.29, 0.717) is 6.07 Å². The number of nitro groups is 1. The Morgan fingerprint density at radius 3 is 2.50 bits per heavy atom. The van der Waals surface area contributed by atoms with Gasteiger partial charge in [-0.25, -0.2) is 21.9 Å². The Kier molecular flexibility index (Phi) is 5.03. The van der Waals surface area contributed by atoms with Crippen LogP contribution in [0.15, 0.2) is 23.1 Å². The molecule has 0 saturated carbocycles. The van der Waals surface area contributed by atoms with E-state index in [1.165, 1.54) is 0 Å². The number of aliphatic hydroxyl groups is 1. The van der Waals surface area contributed by atoms with Gasteiger partial charge in [-0.3, -0.25) is 10.1 Å². The number of sulfonamides is 1. The summed E-state index contributed by atoms with van der Waals surface area (Å²) in [6.45, 7) is -1.06. The van der Waals surface area contributed by atoms with Gasteiger partial charge in [-0.1, -0.05) is 6.07 Å². The minimum absolute atomic E-state index is 0.686. The summed E-state index contributed by atoms with van der Waals surface area (Å²) in [5, 5.41) is 19.4. The molecular formula is C9H9F3N2O5S. The summed E-state index contributed by atoms with van der Waals surface area (Å²) in [6.07, 6.45) is -5.47. The van der Waals surface area contributed by atoms with Crippen LogP contribution in [0.4, 0.5) is 18.9 Å². The molecule has 0 bridgehead atoms. The molecule has 0 amide bonds. The Morgan fingerprint density at radius 1 is 1.40 bits per heavy atom. The van der Waals surface area contributed by atoms with Gasteiger partial charge in [-0.15, -0.1) is 0 Å². The minimum Gasteiger partial charge on any atom is -0.386 e. The van der Waals surface area contributed by atoms with Crippen molar-refractivity contribution >= 4 is 15.7 Å². The van der Waals surface area contributed by atoms with Crippen molar-refractivity contribution in [3.05, 3.63) is 34.1 Å². The van der Waals surface area contributed by atoms with Crippen LogP contribution in [0.25, 0.3) is 0 Å². The number of halogens is 3. The SMILES string of the molecule is O=[N+]([O-])c1c(F)cccc1S(=O)(=O)NCC(O)C(F)F. The Balaban J connectivity index is 3.11. The van der Waals surface area contributed by atoms with E-state index in [-0.39, 0.29) is 0 Å². The predicted molar refractivity (Wildman–Crippen MR) is 60.3 cm³/mol. The lowest BCUT2D eigenvalue weighted by Crippen LogP contribution is -2.36. The second-order valence-corrected chi connectivity index (χ2v) is 5.33. The van der Waals surface area contributed by atoms with Gasteiger partial charge < -0.3 is 5.11 Å². The average Bonchev–Trinajstić information content (AvgIpc) is 2.35. The highest BCUT2D eigenvalue weighted by Gasteiger charge is 2.30. The molecule has 7 nitrogen and oxygen atoms in total. The first kappa shape index (κ1) is 16.3. The van der Waals surface area contributed by atoms with E-state index < -0.39 is 50.4 Å². The zero-order valence-corrected chi connectivity index (χ0v) is 10.5. The molecule has 1 atom stereocenters. The summed E-state index contributed by atoms with van der Waals surface area (Å²) in [5.41, 5.74) is -1.30. The molecule has 1 aromatic rings. The molecule has 0 heterocycles. The topological polar surface area (TPSA) is 110 Å². The second-order valence-electron chi connectivity index (χ2n) is 3.60. The molecule has 0 saturated heterocycles. The van der Waals surface area contributed by atoms with Gasteiger partial charge in [-0.2, -0.15) is 4.39 Å². The third kappa shape index (κ3) is 3.65. The standard InChI is InChI=1S/C9H9F3N2O5S/c10-5-2-1-3-7(8(5)14(16)17)20(18,19)13-4-6(15)9(11)12/h1-3,6,9,13,15H,4H2. The van der Waals surface area contributed by atoms with Crippen LogP contribution in [0.3, 0.4) is 0 Å². The number of alkyl halides is 2. The van der Waals surface area contributed by atoms with Gasteiger partial charge in [0.25, 0.3) is 6.43 Å². The van der Waals surface area contributed by atoms with Crippen LogP contribution in [0, 0.1) is 15.9 Å². The molecular weight excluding hydrogens is 305 g/mol. The van der Waals surface area contributed by atoms with E-state index in [2.05, 4.69) is 0 Å². The first-order chi connectivity index (χ1) is 9.16. The van der Waals surface area contributed by atoms with Gasteiger partial charge in [0.1, 0.15) is 6.10 Å². The fourth-order valence-corrected chi connectivity index (χ4v) is 2.48. The summed E-state index contributed by atoms with van der Waals surface area (Å²) in [5.74, 6) is -1.38. The summed E-state index contributed by atoms with van der Waals surface area (Å²) < 4.78 is 62.3. The molecule has 1 unspecified atom stereocenters. The molecule has 0 aromatic heterocycles. The van der Waals surface area contributed by atoms with Crippen molar-refractivity contribution in [3.8, 4) is 0 Å². The van der Waals surface area contributed by atoms with E-state index in [4.69, 9.17) is 5.11 Å². The van der Waals surface area contributed by atoms with Gasteiger partial charge in [0.15, 0.2) is 4.90 Å². The number of benzene rings is 1. The smallest absolute Gasteiger partial charge is 0.324 e. The van der Waals surface area contributed by atoms with Gasteiger partial charge in [0.2, 0.25) is 15.8 Å². The van der Waals surface area contributed by atoms with E-state index >= 15 is 0 Å². The van der Waals surface area contributed by atoms with Gasteiger partial charge in [-0.05, 0) is 12.1 Å². The van der Waals surface area contributed by atoms with E-state index in [1.807, 2.05) is 0 Å². The average molecular weight is 314 g/mol. The Hall–Kier alpha value is -1.72. The number of hydrogen-bond acceptors (Lipinski definition) is 5. The Labute approximate surface area is 111 Å². The van der Waals surface area contributed by atoms with Crippen LogP contribution in [0.1, 0.15) is 0 Å². The first-order valence-corrected chi connectivity index (χ1v) is 6.54. The fourth-order valence-electron chi connectivity index (χ4n) is 1.25. The molecule has 0 fully saturated rings. The monoisotopic (exact) mass is 314 g/mol. The normalized spacial score (nSPS) is 13.4. The molecule has 0 aliphatic rings. The molecule has 112 valence electrons. The van der Waals surface area contributed by atoms with E-state index in [1.54, 1.807) is 4.72 Å². The van der Waals surface area contributed by atoms with Gasteiger partial charge in [0, 0.05) is 6.54 Å². The fraction of sp³-hybridized carbons (Fsp3) is 0.333. The number of hydrogen-bond donors (Lipinski definition) is 2. The number of para-hydroxylation sites is 1. The molecule has 0 spiro atoms. The molecule has 2 N–H and O–H groups in total. The summed E-state index contributed by atoms with van der Waals surface area (Å²) in [4.78, 5) is 8.39. The van der Waals surface area contributed by atoms with Crippen LogP contribution < -0.4 is 4.72 Å². The lowest BCUT2D eigenvalue weighted by molar-refractivity contribution is -0.390. The van der Waals surface area contributed by atoms with Crippen LogP contribution in [0.5, 0.6) is 0 Å². The quantitative estimate of drug-likeness (QED) is 0.591. The zero-order valence-electron chi connectivity index (χ0n) is 9.66. The summed E-state index contributed by atoms with van der Waals surface area (Å²) >= 11 is 0. The maximum atomic E-state index is 13.3. The maximum Gasteiger partial charge on any atom is 0.324 e. The highest BCUT2D eigenvalue weighted by atomic mass is 32.2. The maximum absolute atomic E-state index is 13.3. The summed E-state index contributed by atoms with van der Waals surface area (Å²) in [6, 6.07) is 2.35. The van der Waals surface area contributed by atoms with Crippen molar-refractivity contribution in [2.24, 2.45) is 0 Å². The van der Waals surface area contributed by atoms with Crippen LogP contribution in [-0.4, -0.2) is 37.5 Å². The zero-order chi connectivity index (χ0) is 15.5. The molecule has 20 heavy (non-hydrogen) atoms. The number of nitro benzene ring substituents is 1. The first-order valence-electron chi connectivity index (χ1n) is 5.05. The van der Waals surface area contributed by atoms with Crippen molar-refractivity contribution in [2.45, 2.75) is 17.4 Å². The molecule has 11 heteroatoms. The third-order valence-electron chi connectivity index (χ3n) is 2.20. The largest absolute Gasteiger partial charge is 0.386 e. The van der Waals surface area contributed by atoms with Crippen molar-refractivity contribution < 1.29 is 31.6 Å². The van der Waals surface area contributed by atoms with Crippen LogP contribution >= 0.6 is 0 Å². The number of rotatable bonds is 6. The summed E-state index contributed by atoms with van der Waals surface area (Å²) in [7, 11) is -4.61. The number of nitrogens with zero attached hydrogens (tertiary/aromatic N) is 1. The number of aliphatic hydroxyl groups excluding tert-OH is 1. The second kappa shape index (κ2) is 6.15. The highest BCUT2D eigenvalue weighted by molar-refractivity contribution is 7.89. The predicted octanol–water partition coefficient (Wildman–Crippen LogP) is 0.638. The van der Waals surface area contributed by atoms with E-state index in [0.717, 1.165) is 12.1 Å².